The molecule has 0 bridgehead atoms. The highest BCUT2D eigenvalue weighted by molar-refractivity contribution is 5.89. The number of aromatic carboxylic acids is 1. The molecule has 0 saturated heterocycles. The summed E-state index contributed by atoms with van der Waals surface area (Å²) in [5.41, 5.74) is 1.98. The maximum absolute atomic E-state index is 11.1. The normalized spacial score (nSPS) is 22.2. The van der Waals surface area contributed by atoms with Gasteiger partial charge in [-0.1, -0.05) is 12.5 Å². The van der Waals surface area contributed by atoms with Crippen molar-refractivity contribution in [2.45, 2.75) is 38.6 Å². The third-order valence-electron chi connectivity index (χ3n) is 3.87. The number of aliphatic carboxylic acids is 1. The molecule has 0 spiro atoms. The van der Waals surface area contributed by atoms with Crippen LogP contribution in [0.15, 0.2) is 18.2 Å². The zero-order valence-corrected chi connectivity index (χ0v) is 11.4. The molecule has 5 heteroatoms. The lowest BCUT2D eigenvalue weighted by molar-refractivity contribution is -0.142. The molecule has 108 valence electrons. The Labute approximate surface area is 117 Å². The average Bonchev–Trinajstić information content (AvgIpc) is 2.41. The second kappa shape index (κ2) is 5.94. The lowest BCUT2D eigenvalue weighted by Gasteiger charge is -2.28. The quantitative estimate of drug-likeness (QED) is 0.787. The molecule has 1 saturated carbocycles. The van der Waals surface area contributed by atoms with Crippen LogP contribution < -0.4 is 5.32 Å². The number of rotatable bonds is 4. The van der Waals surface area contributed by atoms with Gasteiger partial charge in [0.2, 0.25) is 0 Å². The predicted octanol–water partition coefficient (Wildman–Crippen LogP) is 2.75. The Kier molecular flexibility index (Phi) is 4.27. The lowest BCUT2D eigenvalue weighted by Crippen LogP contribution is -2.31. The molecule has 0 amide bonds. The maximum Gasteiger partial charge on any atom is 0.335 e. The van der Waals surface area contributed by atoms with E-state index >= 15 is 0 Å². The van der Waals surface area contributed by atoms with Crippen LogP contribution in [0.4, 0.5) is 5.69 Å². The highest BCUT2D eigenvalue weighted by atomic mass is 16.4. The summed E-state index contributed by atoms with van der Waals surface area (Å²) < 4.78 is 0. The number of hydrogen-bond acceptors (Lipinski definition) is 3. The van der Waals surface area contributed by atoms with Crippen LogP contribution in [0.5, 0.6) is 0 Å². The van der Waals surface area contributed by atoms with Crippen LogP contribution >= 0.6 is 0 Å². The van der Waals surface area contributed by atoms with Crippen molar-refractivity contribution in [1.29, 1.82) is 0 Å². The SMILES string of the molecule is Cc1ccc(C(=O)O)cc1NC1CCCC(C(=O)O)C1. The van der Waals surface area contributed by atoms with Crippen LogP contribution in [0.25, 0.3) is 0 Å². The van der Waals surface area contributed by atoms with E-state index in [0.717, 1.165) is 30.5 Å². The van der Waals surface area contributed by atoms with Crippen molar-refractivity contribution in [2.24, 2.45) is 5.92 Å². The first-order chi connectivity index (χ1) is 9.47. The fraction of sp³-hybridized carbons (Fsp3) is 0.467. The molecule has 1 aromatic rings. The van der Waals surface area contributed by atoms with Gasteiger partial charge in [-0.2, -0.15) is 0 Å². The molecule has 20 heavy (non-hydrogen) atoms. The van der Waals surface area contributed by atoms with Crippen molar-refractivity contribution < 1.29 is 19.8 Å². The van der Waals surface area contributed by atoms with Crippen LogP contribution in [0.2, 0.25) is 0 Å². The van der Waals surface area contributed by atoms with Crippen molar-refractivity contribution in [3.63, 3.8) is 0 Å². The third kappa shape index (κ3) is 3.29. The van der Waals surface area contributed by atoms with Gasteiger partial charge in [0.15, 0.2) is 0 Å². The summed E-state index contributed by atoms with van der Waals surface area (Å²) >= 11 is 0. The molecule has 2 rings (SSSR count). The molecule has 1 aliphatic rings. The Morgan fingerprint density at radius 2 is 2.00 bits per heavy atom. The van der Waals surface area contributed by atoms with Gasteiger partial charge in [-0.25, -0.2) is 4.79 Å². The maximum atomic E-state index is 11.1. The number of carbonyl (C=O) groups is 2. The summed E-state index contributed by atoms with van der Waals surface area (Å²) in [6.07, 6.45) is 3.11. The molecule has 0 aromatic heterocycles. The van der Waals surface area contributed by atoms with Gasteiger partial charge in [0, 0.05) is 11.7 Å². The van der Waals surface area contributed by atoms with Gasteiger partial charge in [-0.3, -0.25) is 4.79 Å². The summed E-state index contributed by atoms with van der Waals surface area (Å²) in [6.45, 7) is 1.91. The smallest absolute Gasteiger partial charge is 0.335 e. The number of hydrogen-bond donors (Lipinski definition) is 3. The summed E-state index contributed by atoms with van der Waals surface area (Å²) in [5.74, 6) is -2.00. The van der Waals surface area contributed by atoms with Gasteiger partial charge >= 0.3 is 11.9 Å². The molecular weight excluding hydrogens is 258 g/mol. The van der Waals surface area contributed by atoms with Gasteiger partial charge in [0.1, 0.15) is 0 Å². The van der Waals surface area contributed by atoms with E-state index in [4.69, 9.17) is 10.2 Å². The van der Waals surface area contributed by atoms with Crippen LogP contribution in [0, 0.1) is 12.8 Å². The highest BCUT2D eigenvalue weighted by Gasteiger charge is 2.27. The fourth-order valence-corrected chi connectivity index (χ4v) is 2.68. The highest BCUT2D eigenvalue weighted by Crippen LogP contribution is 2.28. The van der Waals surface area contributed by atoms with E-state index in [2.05, 4.69) is 5.32 Å². The second-order valence-corrected chi connectivity index (χ2v) is 5.38. The molecule has 0 radical (unpaired) electrons. The Bertz CT molecular complexity index is 527. The van der Waals surface area contributed by atoms with Gasteiger partial charge in [0.25, 0.3) is 0 Å². The predicted molar refractivity (Wildman–Crippen MR) is 75.1 cm³/mol. The van der Waals surface area contributed by atoms with E-state index < -0.39 is 11.9 Å². The number of nitrogens with one attached hydrogen (secondary N) is 1. The number of anilines is 1. The first kappa shape index (κ1) is 14.4. The number of carboxylic acids is 2. The second-order valence-electron chi connectivity index (χ2n) is 5.38. The van der Waals surface area contributed by atoms with Crippen LogP contribution in [-0.4, -0.2) is 28.2 Å². The topological polar surface area (TPSA) is 86.6 Å². The molecule has 2 unspecified atom stereocenters. The Hall–Kier alpha value is -2.04. The third-order valence-corrected chi connectivity index (χ3v) is 3.87. The minimum Gasteiger partial charge on any atom is -0.481 e. The molecule has 5 nitrogen and oxygen atoms in total. The first-order valence-corrected chi connectivity index (χ1v) is 6.80. The van der Waals surface area contributed by atoms with Crippen molar-refractivity contribution in [3.8, 4) is 0 Å². The molecule has 1 aromatic carbocycles. The standard InChI is InChI=1S/C15H19NO4/c1-9-5-6-11(15(19)20)8-13(9)16-12-4-2-3-10(7-12)14(17)18/h5-6,8,10,12,16H,2-4,7H2,1H3,(H,17,18)(H,19,20). The molecule has 0 heterocycles. The Morgan fingerprint density at radius 3 is 2.65 bits per heavy atom. The minimum absolute atomic E-state index is 0.0904. The molecule has 0 aliphatic heterocycles. The molecule has 1 aliphatic carbocycles. The van der Waals surface area contributed by atoms with E-state index in [1.165, 1.54) is 0 Å². The van der Waals surface area contributed by atoms with Gasteiger partial charge in [0.05, 0.1) is 11.5 Å². The summed E-state index contributed by atoms with van der Waals surface area (Å²) in [4.78, 5) is 22.0. The van der Waals surface area contributed by atoms with E-state index in [1.807, 2.05) is 6.92 Å². The molecule has 3 N–H and O–H groups in total. The zero-order valence-electron chi connectivity index (χ0n) is 11.4. The van der Waals surface area contributed by atoms with Gasteiger partial charge < -0.3 is 15.5 Å². The number of benzene rings is 1. The van der Waals surface area contributed by atoms with Crippen molar-refractivity contribution in [3.05, 3.63) is 29.3 Å². The van der Waals surface area contributed by atoms with Crippen molar-refractivity contribution >= 4 is 17.6 Å². The number of carboxylic acid groups (broad SMARTS) is 2. The van der Waals surface area contributed by atoms with Crippen molar-refractivity contribution in [1.82, 2.24) is 0 Å². The van der Waals surface area contributed by atoms with E-state index in [9.17, 15) is 9.59 Å². The van der Waals surface area contributed by atoms with Gasteiger partial charge in [-0.15, -0.1) is 0 Å². The van der Waals surface area contributed by atoms with E-state index in [-0.39, 0.29) is 17.5 Å². The first-order valence-electron chi connectivity index (χ1n) is 6.80. The van der Waals surface area contributed by atoms with Crippen LogP contribution in [-0.2, 0) is 4.79 Å². The van der Waals surface area contributed by atoms with Crippen molar-refractivity contribution in [2.75, 3.05) is 5.32 Å². The van der Waals surface area contributed by atoms with E-state index in [0.29, 0.717) is 6.42 Å². The van der Waals surface area contributed by atoms with E-state index in [1.54, 1.807) is 18.2 Å². The summed E-state index contributed by atoms with van der Waals surface area (Å²) in [6, 6.07) is 5.04. The fourth-order valence-electron chi connectivity index (χ4n) is 2.68. The Balaban J connectivity index is 2.11. The summed E-state index contributed by atoms with van der Waals surface area (Å²) in [7, 11) is 0. The zero-order chi connectivity index (χ0) is 14.7. The minimum atomic E-state index is -0.958. The van der Waals surface area contributed by atoms with Gasteiger partial charge in [-0.05, 0) is 43.9 Å². The molecule has 2 atom stereocenters. The van der Waals surface area contributed by atoms with Crippen LogP contribution in [0.3, 0.4) is 0 Å². The largest absolute Gasteiger partial charge is 0.481 e. The summed E-state index contributed by atoms with van der Waals surface area (Å²) in [5, 5.41) is 21.4. The lowest BCUT2D eigenvalue weighted by atomic mass is 9.85. The Morgan fingerprint density at radius 1 is 1.25 bits per heavy atom. The monoisotopic (exact) mass is 277 g/mol. The molecular formula is C15H19NO4. The number of aryl methyl sites for hydroxylation is 1. The average molecular weight is 277 g/mol. The van der Waals surface area contributed by atoms with Crippen LogP contribution in [0.1, 0.15) is 41.6 Å². The molecule has 1 fully saturated rings.